The summed E-state index contributed by atoms with van der Waals surface area (Å²) in [4.78, 5) is 17.4. The van der Waals surface area contributed by atoms with Crippen LogP contribution in [0.15, 0.2) is 29.3 Å². The number of nitrogens with zero attached hydrogens (tertiary/aromatic N) is 2. The van der Waals surface area contributed by atoms with Crippen molar-refractivity contribution in [1.29, 1.82) is 0 Å². The highest BCUT2D eigenvalue weighted by molar-refractivity contribution is 14.0. The Hall–Kier alpha value is -1.72. The van der Waals surface area contributed by atoms with Crippen LogP contribution in [0.4, 0.5) is 18.9 Å². The molecule has 0 spiro atoms. The van der Waals surface area contributed by atoms with E-state index in [9.17, 15) is 18.0 Å². The summed E-state index contributed by atoms with van der Waals surface area (Å²) >= 11 is 0. The minimum absolute atomic E-state index is 0. The lowest BCUT2D eigenvalue weighted by molar-refractivity contribution is -0.274. The van der Waals surface area contributed by atoms with E-state index in [4.69, 9.17) is 5.73 Å². The second-order valence-corrected chi connectivity index (χ2v) is 4.99. The van der Waals surface area contributed by atoms with Gasteiger partial charge in [-0.2, -0.15) is 0 Å². The largest absolute Gasteiger partial charge is 0.573 e. The molecule has 0 saturated carbocycles. The number of halogens is 4. The molecule has 0 radical (unpaired) electrons. The fraction of sp³-hybridized carbons (Fsp3) is 0.429. The summed E-state index contributed by atoms with van der Waals surface area (Å²) in [5.41, 5.74) is 6.09. The molecule has 1 aromatic carbocycles. The Bertz CT molecular complexity index is 572. The Balaban J connectivity index is 0.00000288. The summed E-state index contributed by atoms with van der Waals surface area (Å²) in [6, 6.07) is 5.04. The van der Waals surface area contributed by atoms with Crippen molar-refractivity contribution in [3.8, 4) is 5.75 Å². The first-order chi connectivity index (χ1) is 10.8. The first-order valence-electron chi connectivity index (χ1n) is 7.04. The van der Waals surface area contributed by atoms with Gasteiger partial charge in [-0.3, -0.25) is 4.79 Å². The number of likely N-dealkylation sites (tertiary alicyclic amines) is 1. The quantitative estimate of drug-likeness (QED) is 0.413. The Morgan fingerprint density at radius 1 is 1.25 bits per heavy atom. The van der Waals surface area contributed by atoms with Gasteiger partial charge in [-0.15, -0.1) is 37.1 Å². The molecule has 1 fully saturated rings. The molecule has 2 rings (SSSR count). The van der Waals surface area contributed by atoms with E-state index >= 15 is 0 Å². The van der Waals surface area contributed by atoms with Gasteiger partial charge in [0.25, 0.3) is 0 Å². The predicted octanol–water partition coefficient (Wildman–Crippen LogP) is 2.55. The van der Waals surface area contributed by atoms with E-state index in [1.165, 1.54) is 12.1 Å². The molecular formula is C14H18F3IN4O2. The number of alkyl halides is 3. The number of benzene rings is 1. The maximum atomic E-state index is 12.0. The van der Waals surface area contributed by atoms with E-state index in [2.05, 4.69) is 15.0 Å². The van der Waals surface area contributed by atoms with E-state index in [1.807, 2.05) is 0 Å². The lowest BCUT2D eigenvalue weighted by atomic mass is 10.3. The highest BCUT2D eigenvalue weighted by Gasteiger charge is 2.30. The Morgan fingerprint density at radius 2 is 1.83 bits per heavy atom. The summed E-state index contributed by atoms with van der Waals surface area (Å²) in [5.74, 6) is -0.411. The van der Waals surface area contributed by atoms with Gasteiger partial charge in [0.2, 0.25) is 5.91 Å². The molecule has 1 aliphatic heterocycles. The fourth-order valence-corrected chi connectivity index (χ4v) is 2.15. The van der Waals surface area contributed by atoms with Gasteiger partial charge in [0.05, 0.1) is 0 Å². The molecule has 1 amide bonds. The van der Waals surface area contributed by atoms with E-state index in [0.717, 1.165) is 38.1 Å². The van der Waals surface area contributed by atoms with Crippen molar-refractivity contribution in [2.45, 2.75) is 19.2 Å². The molecule has 0 aliphatic carbocycles. The van der Waals surface area contributed by atoms with Crippen LogP contribution in [-0.4, -0.2) is 42.8 Å². The first-order valence-corrected chi connectivity index (χ1v) is 7.04. The van der Waals surface area contributed by atoms with Gasteiger partial charge in [0, 0.05) is 18.8 Å². The molecule has 134 valence electrons. The van der Waals surface area contributed by atoms with E-state index in [0.29, 0.717) is 5.69 Å². The summed E-state index contributed by atoms with van der Waals surface area (Å²) in [6.07, 6.45) is -2.74. The lowest BCUT2D eigenvalue weighted by Crippen LogP contribution is -2.31. The molecule has 0 bridgehead atoms. The van der Waals surface area contributed by atoms with Crippen molar-refractivity contribution in [2.75, 3.05) is 25.0 Å². The molecule has 6 nitrogen and oxygen atoms in total. The molecule has 0 unspecified atom stereocenters. The summed E-state index contributed by atoms with van der Waals surface area (Å²) in [5, 5.41) is 2.70. The highest BCUT2D eigenvalue weighted by Crippen LogP contribution is 2.23. The average Bonchev–Trinajstić information content (AvgIpc) is 2.99. The van der Waals surface area contributed by atoms with E-state index in [1.54, 1.807) is 4.90 Å². The third-order valence-electron chi connectivity index (χ3n) is 3.20. The van der Waals surface area contributed by atoms with Crippen LogP contribution in [0.25, 0.3) is 0 Å². The number of anilines is 1. The number of carbonyl (C=O) groups is 1. The number of aliphatic imine (C=N–C) groups is 1. The van der Waals surface area contributed by atoms with Crippen LogP contribution in [-0.2, 0) is 4.79 Å². The number of guanidine groups is 1. The second-order valence-electron chi connectivity index (χ2n) is 4.99. The zero-order chi connectivity index (χ0) is 16.9. The summed E-state index contributed by atoms with van der Waals surface area (Å²) in [7, 11) is 0. The SMILES string of the molecule is I.NC(=NCC(=O)N1CCCC1)Nc1ccc(OC(F)(F)F)cc1. The van der Waals surface area contributed by atoms with Gasteiger partial charge < -0.3 is 20.7 Å². The van der Waals surface area contributed by atoms with Crippen molar-refractivity contribution in [2.24, 2.45) is 10.7 Å². The van der Waals surface area contributed by atoms with Crippen LogP contribution in [0.1, 0.15) is 12.8 Å². The van der Waals surface area contributed by atoms with Crippen molar-refractivity contribution in [3.63, 3.8) is 0 Å². The molecule has 3 N–H and O–H groups in total. The number of rotatable bonds is 4. The molecule has 1 saturated heterocycles. The number of hydrogen-bond donors (Lipinski definition) is 2. The van der Waals surface area contributed by atoms with Crippen molar-refractivity contribution in [1.82, 2.24) is 4.90 Å². The maximum absolute atomic E-state index is 12.0. The molecule has 1 aliphatic rings. The van der Waals surface area contributed by atoms with Gasteiger partial charge in [0.1, 0.15) is 12.3 Å². The molecule has 24 heavy (non-hydrogen) atoms. The topological polar surface area (TPSA) is 80.0 Å². The smallest absolute Gasteiger partial charge is 0.406 e. The van der Waals surface area contributed by atoms with Gasteiger partial charge in [-0.25, -0.2) is 4.99 Å². The molecule has 1 heterocycles. The van der Waals surface area contributed by atoms with Crippen LogP contribution in [0.3, 0.4) is 0 Å². The van der Waals surface area contributed by atoms with E-state index in [-0.39, 0.29) is 48.1 Å². The number of carbonyl (C=O) groups excluding carboxylic acids is 1. The number of nitrogens with one attached hydrogen (secondary N) is 1. The standard InChI is InChI=1S/C14H17F3N4O2.HI/c15-14(16,17)23-11-5-3-10(4-6-11)20-13(18)19-9-12(22)21-7-1-2-8-21;/h3-6H,1-2,7-9H2,(H3,18,19,20);1H. The third-order valence-corrected chi connectivity index (χ3v) is 3.20. The van der Waals surface area contributed by atoms with Crippen LogP contribution >= 0.6 is 24.0 Å². The monoisotopic (exact) mass is 458 g/mol. The molecule has 10 heteroatoms. The van der Waals surface area contributed by atoms with Crippen molar-refractivity contribution >= 4 is 41.5 Å². The van der Waals surface area contributed by atoms with Gasteiger partial charge >= 0.3 is 6.36 Å². The minimum Gasteiger partial charge on any atom is -0.406 e. The number of ether oxygens (including phenoxy) is 1. The first kappa shape index (κ1) is 20.3. The minimum atomic E-state index is -4.73. The Kier molecular flexibility index (Phi) is 7.58. The number of amides is 1. The number of nitrogens with two attached hydrogens (primary N) is 1. The van der Waals surface area contributed by atoms with Crippen molar-refractivity contribution < 1.29 is 22.7 Å². The Morgan fingerprint density at radius 3 is 2.38 bits per heavy atom. The van der Waals surface area contributed by atoms with Crippen LogP contribution in [0, 0.1) is 0 Å². The van der Waals surface area contributed by atoms with Gasteiger partial charge in [-0.1, -0.05) is 0 Å². The normalized spacial score (nSPS) is 15.0. The molecular weight excluding hydrogens is 440 g/mol. The molecule has 0 aromatic heterocycles. The van der Waals surface area contributed by atoms with Gasteiger partial charge in [0.15, 0.2) is 5.96 Å². The van der Waals surface area contributed by atoms with Crippen LogP contribution < -0.4 is 15.8 Å². The van der Waals surface area contributed by atoms with E-state index < -0.39 is 6.36 Å². The zero-order valence-corrected chi connectivity index (χ0v) is 15.0. The molecule has 1 aromatic rings. The third kappa shape index (κ3) is 6.81. The highest BCUT2D eigenvalue weighted by atomic mass is 127. The second kappa shape index (κ2) is 8.94. The lowest BCUT2D eigenvalue weighted by Gasteiger charge is -2.13. The number of hydrogen-bond acceptors (Lipinski definition) is 3. The summed E-state index contributed by atoms with van der Waals surface area (Å²) in [6.45, 7) is 1.42. The molecule has 0 atom stereocenters. The average molecular weight is 458 g/mol. The van der Waals surface area contributed by atoms with Gasteiger partial charge in [-0.05, 0) is 37.1 Å². The van der Waals surface area contributed by atoms with Crippen molar-refractivity contribution in [3.05, 3.63) is 24.3 Å². The maximum Gasteiger partial charge on any atom is 0.573 e. The summed E-state index contributed by atoms with van der Waals surface area (Å²) < 4.78 is 39.9. The Labute approximate surface area is 154 Å². The fourth-order valence-electron chi connectivity index (χ4n) is 2.15. The van der Waals surface area contributed by atoms with Crippen LogP contribution in [0.2, 0.25) is 0 Å². The predicted molar refractivity (Wildman–Crippen MR) is 94.5 cm³/mol. The van der Waals surface area contributed by atoms with Crippen LogP contribution in [0.5, 0.6) is 5.75 Å². The zero-order valence-electron chi connectivity index (χ0n) is 12.7.